The maximum atomic E-state index is 13.5. The van der Waals surface area contributed by atoms with E-state index >= 15 is 0 Å². The van der Waals surface area contributed by atoms with Crippen molar-refractivity contribution in [1.29, 1.82) is 0 Å². The lowest BCUT2D eigenvalue weighted by Gasteiger charge is -2.10. The number of hydrogen-bond donors (Lipinski definition) is 1. The molecule has 3 aromatic rings. The number of benzene rings is 1. The molecule has 0 amide bonds. The fourth-order valence-corrected chi connectivity index (χ4v) is 4.08. The highest BCUT2D eigenvalue weighted by Gasteiger charge is 2.22. The number of hydrogen-bond acceptors (Lipinski definition) is 3. The Bertz CT molecular complexity index is 1030. The minimum atomic E-state index is -3.87. The summed E-state index contributed by atoms with van der Waals surface area (Å²) in [7, 11) is -3.87. The summed E-state index contributed by atoms with van der Waals surface area (Å²) < 4.78 is 43.6. The van der Waals surface area contributed by atoms with Crippen molar-refractivity contribution in [3.8, 4) is 0 Å². The number of pyridine rings is 1. The second-order valence-electron chi connectivity index (χ2n) is 6.48. The molecule has 0 aliphatic rings. The van der Waals surface area contributed by atoms with Gasteiger partial charge < -0.3 is 4.57 Å². The first-order valence-corrected chi connectivity index (χ1v) is 9.49. The first kappa shape index (κ1) is 17.4. The van der Waals surface area contributed by atoms with Gasteiger partial charge in [0.1, 0.15) is 16.4 Å². The van der Waals surface area contributed by atoms with Crippen LogP contribution in [0.2, 0.25) is 0 Å². The third-order valence-electron chi connectivity index (χ3n) is 3.89. The van der Waals surface area contributed by atoms with Gasteiger partial charge in [-0.3, -0.25) is 4.72 Å². The van der Waals surface area contributed by atoms with E-state index in [1.807, 2.05) is 4.57 Å². The van der Waals surface area contributed by atoms with Crippen LogP contribution >= 0.6 is 0 Å². The molecule has 0 fully saturated rings. The fourth-order valence-electron chi connectivity index (χ4n) is 2.74. The van der Waals surface area contributed by atoms with Crippen LogP contribution in [-0.4, -0.2) is 18.0 Å². The fraction of sp³-hybridized carbons (Fsp3) is 0.278. The van der Waals surface area contributed by atoms with Crippen LogP contribution in [-0.2, 0) is 16.6 Å². The van der Waals surface area contributed by atoms with Crippen molar-refractivity contribution >= 4 is 26.7 Å². The molecule has 2 heterocycles. The maximum Gasteiger partial charge on any atom is 0.264 e. The average Bonchev–Trinajstić information content (AvgIpc) is 2.90. The Labute approximate surface area is 146 Å². The summed E-state index contributed by atoms with van der Waals surface area (Å²) in [5.74, 6) is -0.154. The number of rotatable bonds is 5. The number of halogens is 1. The van der Waals surface area contributed by atoms with Gasteiger partial charge in [0.2, 0.25) is 0 Å². The first-order valence-electron chi connectivity index (χ1n) is 8.01. The van der Waals surface area contributed by atoms with Crippen LogP contribution in [0.3, 0.4) is 0 Å². The molecule has 0 bridgehead atoms. The van der Waals surface area contributed by atoms with E-state index in [2.05, 4.69) is 23.6 Å². The van der Waals surface area contributed by atoms with Crippen molar-refractivity contribution in [3.63, 3.8) is 0 Å². The third kappa shape index (κ3) is 3.51. The monoisotopic (exact) mass is 361 g/mol. The molecule has 25 heavy (non-hydrogen) atoms. The summed E-state index contributed by atoms with van der Waals surface area (Å²) in [6.07, 6.45) is 3.23. The van der Waals surface area contributed by atoms with Crippen LogP contribution in [0.15, 0.2) is 47.6 Å². The summed E-state index contributed by atoms with van der Waals surface area (Å²) in [6, 6.07) is 7.45. The van der Waals surface area contributed by atoms with E-state index in [1.54, 1.807) is 31.5 Å². The van der Waals surface area contributed by atoms with Crippen LogP contribution in [0.4, 0.5) is 10.1 Å². The topological polar surface area (TPSA) is 64.0 Å². The van der Waals surface area contributed by atoms with Crippen LogP contribution in [0, 0.1) is 18.7 Å². The molecule has 0 saturated heterocycles. The van der Waals surface area contributed by atoms with E-state index in [-0.39, 0.29) is 10.6 Å². The molecule has 0 radical (unpaired) electrons. The van der Waals surface area contributed by atoms with Gasteiger partial charge >= 0.3 is 0 Å². The van der Waals surface area contributed by atoms with Gasteiger partial charge in [0.05, 0.1) is 5.69 Å². The number of anilines is 1. The van der Waals surface area contributed by atoms with Crippen molar-refractivity contribution in [1.82, 2.24) is 9.55 Å². The van der Waals surface area contributed by atoms with Gasteiger partial charge in [0.15, 0.2) is 0 Å². The second-order valence-corrected chi connectivity index (χ2v) is 8.13. The van der Waals surface area contributed by atoms with Gasteiger partial charge in [-0.05, 0) is 42.7 Å². The van der Waals surface area contributed by atoms with E-state index in [9.17, 15) is 12.8 Å². The Kier molecular flexibility index (Phi) is 4.51. The highest BCUT2D eigenvalue weighted by molar-refractivity contribution is 7.93. The number of nitrogens with zero attached hydrogens (tertiary/aromatic N) is 2. The highest BCUT2D eigenvalue weighted by Crippen LogP contribution is 2.27. The predicted molar refractivity (Wildman–Crippen MR) is 96.5 cm³/mol. The Morgan fingerprint density at radius 3 is 2.76 bits per heavy atom. The molecule has 3 rings (SSSR count). The van der Waals surface area contributed by atoms with E-state index in [4.69, 9.17) is 0 Å². The summed E-state index contributed by atoms with van der Waals surface area (Å²) in [5.41, 5.74) is 1.50. The molecule has 0 saturated carbocycles. The van der Waals surface area contributed by atoms with Gasteiger partial charge in [0, 0.05) is 24.3 Å². The molecule has 0 aliphatic heterocycles. The van der Waals surface area contributed by atoms with E-state index in [1.165, 1.54) is 18.2 Å². The molecule has 1 N–H and O–H groups in total. The molecule has 5 nitrogen and oxygen atoms in total. The molecular weight excluding hydrogens is 341 g/mol. The standard InChI is InChI=1S/C18H20FN3O2S/c1-12(2)10-22-11-17(15-5-4-8-20-18(15)22)25(23,24)21-16-9-14(19)7-6-13(16)3/h4-9,11-12,21H,10H2,1-3H3. The number of aromatic nitrogens is 2. The minimum absolute atomic E-state index is 0.139. The Hall–Kier alpha value is -2.41. The lowest BCUT2D eigenvalue weighted by atomic mass is 10.2. The zero-order valence-corrected chi connectivity index (χ0v) is 15.1. The molecule has 0 aliphatic carbocycles. The largest absolute Gasteiger partial charge is 0.331 e. The molecule has 0 atom stereocenters. The maximum absolute atomic E-state index is 13.5. The number of aryl methyl sites for hydroxylation is 1. The summed E-state index contributed by atoms with van der Waals surface area (Å²) in [5, 5.41) is 0.546. The Balaban J connectivity index is 2.10. The van der Waals surface area contributed by atoms with Crippen LogP contribution in [0.25, 0.3) is 11.0 Å². The van der Waals surface area contributed by atoms with Gasteiger partial charge in [0.25, 0.3) is 10.0 Å². The van der Waals surface area contributed by atoms with Crippen molar-refractivity contribution in [3.05, 3.63) is 54.1 Å². The minimum Gasteiger partial charge on any atom is -0.331 e. The highest BCUT2D eigenvalue weighted by atomic mass is 32.2. The second kappa shape index (κ2) is 6.48. The van der Waals surface area contributed by atoms with Gasteiger partial charge in [-0.2, -0.15) is 0 Å². The zero-order valence-electron chi connectivity index (χ0n) is 14.3. The smallest absolute Gasteiger partial charge is 0.264 e. The van der Waals surface area contributed by atoms with Gasteiger partial charge in [-0.1, -0.05) is 19.9 Å². The SMILES string of the molecule is Cc1ccc(F)cc1NS(=O)(=O)c1cn(CC(C)C)c2ncccc12. The molecule has 132 valence electrons. The van der Waals surface area contributed by atoms with Gasteiger partial charge in [-0.25, -0.2) is 17.8 Å². The first-order chi connectivity index (χ1) is 11.8. The average molecular weight is 361 g/mol. The van der Waals surface area contributed by atoms with E-state index in [0.29, 0.717) is 29.1 Å². The lowest BCUT2D eigenvalue weighted by Crippen LogP contribution is -2.14. The quantitative estimate of drug-likeness (QED) is 0.749. The normalized spacial score (nSPS) is 12.0. The lowest BCUT2D eigenvalue weighted by molar-refractivity contribution is 0.530. The van der Waals surface area contributed by atoms with Crippen LogP contribution in [0.1, 0.15) is 19.4 Å². The van der Waals surface area contributed by atoms with E-state index < -0.39 is 15.8 Å². The van der Waals surface area contributed by atoms with Crippen molar-refractivity contribution in [2.24, 2.45) is 5.92 Å². The number of nitrogens with one attached hydrogen (secondary N) is 1. The Morgan fingerprint density at radius 2 is 2.04 bits per heavy atom. The van der Waals surface area contributed by atoms with Crippen molar-refractivity contribution in [2.75, 3.05) is 4.72 Å². The molecule has 2 aromatic heterocycles. The van der Waals surface area contributed by atoms with Crippen molar-refractivity contribution < 1.29 is 12.8 Å². The molecule has 0 spiro atoms. The molecule has 7 heteroatoms. The van der Waals surface area contributed by atoms with Gasteiger partial charge in [-0.15, -0.1) is 0 Å². The van der Waals surface area contributed by atoms with Crippen LogP contribution < -0.4 is 4.72 Å². The predicted octanol–water partition coefficient (Wildman–Crippen LogP) is 3.94. The summed E-state index contributed by atoms with van der Waals surface area (Å²) in [4.78, 5) is 4.46. The third-order valence-corrected chi connectivity index (χ3v) is 5.29. The number of sulfonamides is 1. The zero-order chi connectivity index (χ0) is 18.2. The summed E-state index contributed by atoms with van der Waals surface area (Å²) in [6.45, 7) is 6.48. The Morgan fingerprint density at radius 1 is 1.28 bits per heavy atom. The van der Waals surface area contributed by atoms with Crippen molar-refractivity contribution in [2.45, 2.75) is 32.2 Å². The molecule has 0 unspecified atom stereocenters. The summed E-state index contributed by atoms with van der Waals surface area (Å²) >= 11 is 0. The van der Waals surface area contributed by atoms with E-state index in [0.717, 1.165) is 0 Å². The molecule has 1 aromatic carbocycles. The van der Waals surface area contributed by atoms with Crippen LogP contribution in [0.5, 0.6) is 0 Å². The molecular formula is C18H20FN3O2S. The number of fused-ring (bicyclic) bond motifs is 1.